The van der Waals surface area contributed by atoms with Gasteiger partial charge >= 0.3 is 5.97 Å². The van der Waals surface area contributed by atoms with Crippen molar-refractivity contribution in [1.29, 1.82) is 0 Å². The second-order valence-corrected chi connectivity index (χ2v) is 5.79. The minimum absolute atomic E-state index is 0.0458. The van der Waals surface area contributed by atoms with Crippen molar-refractivity contribution in [1.82, 2.24) is 4.57 Å². The Bertz CT molecular complexity index is 1020. The van der Waals surface area contributed by atoms with Crippen LogP contribution in [-0.2, 0) is 11.2 Å². The predicted molar refractivity (Wildman–Crippen MR) is 90.7 cm³/mol. The van der Waals surface area contributed by atoms with E-state index >= 15 is 0 Å². The summed E-state index contributed by atoms with van der Waals surface area (Å²) in [5, 5.41) is 9.60. The van der Waals surface area contributed by atoms with Gasteiger partial charge in [-0.25, -0.2) is 8.78 Å². The molecule has 5 nitrogen and oxygen atoms in total. The number of benzene rings is 2. The lowest BCUT2D eigenvalue weighted by Gasteiger charge is -2.08. The number of methoxy groups -OCH3 is 1. The molecular weight excluding hydrogens is 344 g/mol. The molecule has 134 valence electrons. The van der Waals surface area contributed by atoms with Gasteiger partial charge < -0.3 is 9.84 Å². The Kier molecular flexibility index (Phi) is 4.46. The van der Waals surface area contributed by atoms with E-state index in [2.05, 4.69) is 0 Å². The predicted octanol–water partition coefficient (Wildman–Crippen LogP) is 3.55. The number of halogens is 2. The number of ether oxygens (including phenoxy) is 1. The summed E-state index contributed by atoms with van der Waals surface area (Å²) in [4.78, 5) is 24.1. The van der Waals surface area contributed by atoms with Gasteiger partial charge in [0.2, 0.25) is 0 Å². The first kappa shape index (κ1) is 17.6. The molecule has 3 aromatic rings. The summed E-state index contributed by atoms with van der Waals surface area (Å²) in [6.07, 6.45) is -0.333. The second kappa shape index (κ2) is 6.59. The Morgan fingerprint density at radius 2 is 1.81 bits per heavy atom. The molecule has 0 unspecified atom stereocenters. The minimum atomic E-state index is -1.08. The van der Waals surface area contributed by atoms with Crippen LogP contribution in [0.4, 0.5) is 8.78 Å². The smallest absolute Gasteiger partial charge is 0.307 e. The number of carboxylic acids is 1. The molecule has 0 amide bonds. The van der Waals surface area contributed by atoms with Gasteiger partial charge in [0, 0.05) is 22.7 Å². The van der Waals surface area contributed by atoms with Crippen LogP contribution in [0.15, 0.2) is 36.4 Å². The first-order chi connectivity index (χ1) is 12.3. The first-order valence-corrected chi connectivity index (χ1v) is 7.73. The lowest BCUT2D eigenvalue weighted by molar-refractivity contribution is -0.136. The third-order valence-corrected chi connectivity index (χ3v) is 4.23. The topological polar surface area (TPSA) is 68.5 Å². The summed E-state index contributed by atoms with van der Waals surface area (Å²) >= 11 is 0. The lowest BCUT2D eigenvalue weighted by Crippen LogP contribution is -2.14. The Morgan fingerprint density at radius 1 is 1.15 bits per heavy atom. The van der Waals surface area contributed by atoms with Crippen LogP contribution >= 0.6 is 0 Å². The van der Waals surface area contributed by atoms with Crippen molar-refractivity contribution >= 4 is 22.8 Å². The van der Waals surface area contributed by atoms with Gasteiger partial charge in [0.1, 0.15) is 5.82 Å². The monoisotopic (exact) mass is 359 g/mol. The molecule has 0 fully saturated rings. The van der Waals surface area contributed by atoms with Gasteiger partial charge in [-0.05, 0) is 42.8 Å². The zero-order valence-corrected chi connectivity index (χ0v) is 14.0. The maximum atomic E-state index is 14.2. The maximum absolute atomic E-state index is 14.2. The molecule has 0 aliphatic heterocycles. The number of nitrogens with zero attached hydrogens (tertiary/aromatic N) is 1. The fourth-order valence-corrected chi connectivity index (χ4v) is 2.99. The summed E-state index contributed by atoms with van der Waals surface area (Å²) in [5.74, 6) is -2.79. The van der Waals surface area contributed by atoms with Crippen LogP contribution < -0.4 is 4.74 Å². The maximum Gasteiger partial charge on any atom is 0.307 e. The average molecular weight is 359 g/mol. The number of fused-ring (bicyclic) bond motifs is 1. The molecule has 3 rings (SSSR count). The van der Waals surface area contributed by atoms with Crippen LogP contribution in [0.3, 0.4) is 0 Å². The highest BCUT2D eigenvalue weighted by molar-refractivity contribution is 6.04. The Labute approximate surface area is 147 Å². The highest BCUT2D eigenvalue weighted by Gasteiger charge is 2.23. The summed E-state index contributed by atoms with van der Waals surface area (Å²) < 4.78 is 33.5. The summed E-state index contributed by atoms with van der Waals surface area (Å²) in [6, 6.07) is 7.45. The molecule has 0 aliphatic rings. The Morgan fingerprint density at radius 3 is 2.38 bits per heavy atom. The minimum Gasteiger partial charge on any atom is -0.494 e. The van der Waals surface area contributed by atoms with Crippen molar-refractivity contribution in [3.05, 3.63) is 64.9 Å². The van der Waals surface area contributed by atoms with Crippen LogP contribution in [0.1, 0.15) is 21.6 Å². The molecule has 7 heteroatoms. The molecule has 0 saturated heterocycles. The molecule has 0 saturated carbocycles. The van der Waals surface area contributed by atoms with E-state index in [1.807, 2.05) is 0 Å². The van der Waals surface area contributed by atoms with Crippen LogP contribution in [0, 0.1) is 18.6 Å². The molecule has 1 aromatic heterocycles. The molecule has 1 heterocycles. The van der Waals surface area contributed by atoms with Crippen molar-refractivity contribution in [2.45, 2.75) is 13.3 Å². The van der Waals surface area contributed by atoms with Crippen LogP contribution in [0.5, 0.6) is 5.75 Å². The first-order valence-electron chi connectivity index (χ1n) is 7.73. The number of hydrogen-bond donors (Lipinski definition) is 1. The molecule has 0 radical (unpaired) electrons. The van der Waals surface area contributed by atoms with Crippen molar-refractivity contribution in [2.24, 2.45) is 0 Å². The number of aliphatic carboxylic acids is 1. The van der Waals surface area contributed by atoms with E-state index in [4.69, 9.17) is 4.74 Å². The van der Waals surface area contributed by atoms with E-state index in [9.17, 15) is 23.5 Å². The SMILES string of the molecule is COc1cc2c(CC(=O)O)c(C)n(C(=O)c3ccc(F)cc3)c2cc1F. The van der Waals surface area contributed by atoms with Crippen molar-refractivity contribution in [2.75, 3.05) is 7.11 Å². The van der Waals surface area contributed by atoms with Gasteiger partial charge in [0.25, 0.3) is 5.91 Å². The second-order valence-electron chi connectivity index (χ2n) is 5.79. The highest BCUT2D eigenvalue weighted by atomic mass is 19.1. The standard InChI is InChI=1S/C19H15F2NO4/c1-10-13(8-18(23)24)14-7-17(26-2)15(21)9-16(14)22(10)19(25)11-3-5-12(20)6-4-11/h3-7,9H,8H2,1-2H3,(H,23,24). The number of carbonyl (C=O) groups is 2. The highest BCUT2D eigenvalue weighted by Crippen LogP contribution is 2.32. The van der Waals surface area contributed by atoms with E-state index in [0.717, 1.165) is 18.2 Å². The summed E-state index contributed by atoms with van der Waals surface area (Å²) in [6.45, 7) is 1.59. The van der Waals surface area contributed by atoms with Crippen molar-refractivity contribution in [3.63, 3.8) is 0 Å². The third kappa shape index (κ3) is 2.92. The Hall–Kier alpha value is -3.22. The van der Waals surface area contributed by atoms with Gasteiger partial charge in [0.05, 0.1) is 19.0 Å². The summed E-state index contributed by atoms with van der Waals surface area (Å²) in [5.41, 5.74) is 1.20. The molecule has 0 spiro atoms. The normalized spacial score (nSPS) is 10.9. The van der Waals surface area contributed by atoms with Gasteiger partial charge in [-0.2, -0.15) is 0 Å². The molecule has 0 bridgehead atoms. The Balaban J connectivity index is 2.28. The fraction of sp³-hybridized carbons (Fsp3) is 0.158. The molecule has 0 aliphatic carbocycles. The van der Waals surface area contributed by atoms with Gasteiger partial charge in [-0.3, -0.25) is 14.2 Å². The molecule has 2 aromatic carbocycles. The average Bonchev–Trinajstić information content (AvgIpc) is 2.85. The third-order valence-electron chi connectivity index (χ3n) is 4.23. The number of carboxylic acid groups (broad SMARTS) is 1. The molecule has 26 heavy (non-hydrogen) atoms. The fourth-order valence-electron chi connectivity index (χ4n) is 2.99. The number of carbonyl (C=O) groups excluding carboxylic acids is 1. The van der Waals surface area contributed by atoms with E-state index in [1.54, 1.807) is 6.92 Å². The van der Waals surface area contributed by atoms with Crippen LogP contribution in [0.25, 0.3) is 10.9 Å². The van der Waals surface area contributed by atoms with E-state index in [-0.39, 0.29) is 23.3 Å². The van der Waals surface area contributed by atoms with E-state index in [1.165, 1.54) is 29.9 Å². The zero-order valence-electron chi connectivity index (χ0n) is 14.0. The summed E-state index contributed by atoms with van der Waals surface area (Å²) in [7, 11) is 1.30. The number of hydrogen-bond acceptors (Lipinski definition) is 3. The molecular formula is C19H15F2NO4. The zero-order chi connectivity index (χ0) is 19.0. The molecule has 0 atom stereocenters. The van der Waals surface area contributed by atoms with E-state index < -0.39 is 23.5 Å². The largest absolute Gasteiger partial charge is 0.494 e. The van der Waals surface area contributed by atoms with Crippen molar-refractivity contribution < 1.29 is 28.2 Å². The van der Waals surface area contributed by atoms with Crippen molar-refractivity contribution in [3.8, 4) is 5.75 Å². The number of aromatic nitrogens is 1. The van der Waals surface area contributed by atoms with Crippen LogP contribution in [-0.4, -0.2) is 28.7 Å². The van der Waals surface area contributed by atoms with Crippen LogP contribution in [0.2, 0.25) is 0 Å². The van der Waals surface area contributed by atoms with Gasteiger partial charge in [0.15, 0.2) is 11.6 Å². The quantitative estimate of drug-likeness (QED) is 0.773. The number of rotatable bonds is 4. The molecule has 1 N–H and O–H groups in total. The lowest BCUT2D eigenvalue weighted by atomic mass is 10.1. The van der Waals surface area contributed by atoms with Gasteiger partial charge in [-0.15, -0.1) is 0 Å². The van der Waals surface area contributed by atoms with E-state index in [0.29, 0.717) is 16.6 Å². The van der Waals surface area contributed by atoms with Gasteiger partial charge in [-0.1, -0.05) is 0 Å².